The van der Waals surface area contributed by atoms with Crippen molar-refractivity contribution >= 4 is 0 Å². The van der Waals surface area contributed by atoms with Crippen LogP contribution in [0, 0.1) is 23.2 Å². The van der Waals surface area contributed by atoms with E-state index in [-0.39, 0.29) is 0 Å². The Hall–Kier alpha value is -1.63. The second-order valence-corrected chi connectivity index (χ2v) is 8.79. The largest absolute Gasteiger partial charge is 0.299 e. The van der Waals surface area contributed by atoms with E-state index in [2.05, 4.69) is 34.1 Å². The summed E-state index contributed by atoms with van der Waals surface area (Å²) in [7, 11) is 0. The van der Waals surface area contributed by atoms with Gasteiger partial charge in [-0.1, -0.05) is 30.2 Å². The minimum absolute atomic E-state index is 0.651. The van der Waals surface area contributed by atoms with Crippen molar-refractivity contribution in [3.8, 4) is 6.07 Å². The van der Waals surface area contributed by atoms with E-state index in [1.165, 1.54) is 63.7 Å². The molecule has 4 atom stereocenters. The van der Waals surface area contributed by atoms with E-state index >= 15 is 0 Å². The number of hydrogen-bond acceptors (Lipinski definition) is 3. The van der Waals surface area contributed by atoms with Gasteiger partial charge >= 0.3 is 0 Å². The molecule has 3 fully saturated rings. The van der Waals surface area contributed by atoms with Crippen molar-refractivity contribution in [3.63, 3.8) is 0 Å². The molecule has 3 nitrogen and oxygen atoms in total. The van der Waals surface area contributed by atoms with Crippen LogP contribution >= 0.6 is 0 Å². The molecule has 0 radical (unpaired) electrons. The van der Waals surface area contributed by atoms with Crippen LogP contribution in [0.15, 0.2) is 35.9 Å². The SMILES string of the molecule is N#Cc1ccc(CN2CCCC3=CC4CC(CN5CCCC[C@H]45)[C@@H]32)cc1. The van der Waals surface area contributed by atoms with Crippen LogP contribution in [-0.2, 0) is 6.54 Å². The Balaban J connectivity index is 1.39. The minimum Gasteiger partial charge on any atom is -0.299 e. The van der Waals surface area contributed by atoms with Gasteiger partial charge in [0.15, 0.2) is 0 Å². The second-order valence-electron chi connectivity index (χ2n) is 8.79. The van der Waals surface area contributed by atoms with Crippen LogP contribution in [0.2, 0.25) is 0 Å². The van der Waals surface area contributed by atoms with E-state index in [0.717, 1.165) is 30.0 Å². The van der Waals surface area contributed by atoms with E-state index in [9.17, 15) is 0 Å². The number of benzene rings is 1. The van der Waals surface area contributed by atoms with Crippen molar-refractivity contribution in [2.75, 3.05) is 19.6 Å². The molecule has 3 heteroatoms. The van der Waals surface area contributed by atoms with Gasteiger partial charge in [-0.2, -0.15) is 5.26 Å². The maximum absolute atomic E-state index is 9.02. The molecule has 5 rings (SSSR count). The maximum Gasteiger partial charge on any atom is 0.0991 e. The number of fused-ring (bicyclic) bond motifs is 6. The molecule has 4 aliphatic rings. The number of nitrogens with zero attached hydrogens (tertiary/aromatic N) is 3. The third-order valence-electron chi connectivity index (χ3n) is 7.23. The molecule has 136 valence electrons. The topological polar surface area (TPSA) is 30.3 Å². The van der Waals surface area contributed by atoms with Gasteiger partial charge in [0.25, 0.3) is 0 Å². The molecular formula is C23H29N3. The van der Waals surface area contributed by atoms with Crippen LogP contribution in [0.1, 0.15) is 49.7 Å². The van der Waals surface area contributed by atoms with Crippen molar-refractivity contribution in [1.82, 2.24) is 9.80 Å². The minimum atomic E-state index is 0.651. The molecule has 2 unspecified atom stereocenters. The predicted molar refractivity (Wildman–Crippen MR) is 103 cm³/mol. The highest BCUT2D eigenvalue weighted by Crippen LogP contribution is 2.45. The van der Waals surface area contributed by atoms with Gasteiger partial charge < -0.3 is 0 Å². The summed E-state index contributed by atoms with van der Waals surface area (Å²) in [6.07, 6.45) is 11.0. The van der Waals surface area contributed by atoms with Gasteiger partial charge in [0.05, 0.1) is 11.6 Å². The van der Waals surface area contributed by atoms with Crippen LogP contribution in [0.4, 0.5) is 0 Å². The Morgan fingerprint density at radius 2 is 1.96 bits per heavy atom. The normalized spacial score (nSPS) is 34.3. The standard InChI is InChI=1S/C23H29N3/c24-14-17-6-8-18(9-7-17)15-26-11-3-4-19-12-20-13-21(23(19)26)16-25-10-2-1-5-22(20)25/h6-9,12,20-23H,1-5,10-11,13,15-16H2/t20?,21?,22-,23-/m1/s1. The predicted octanol–water partition coefficient (Wildman–Crippen LogP) is 3.95. The fraction of sp³-hybridized carbons (Fsp3) is 0.609. The van der Waals surface area contributed by atoms with Gasteiger partial charge in [0, 0.05) is 25.2 Å². The Morgan fingerprint density at radius 1 is 1.08 bits per heavy atom. The smallest absolute Gasteiger partial charge is 0.0991 e. The molecule has 3 heterocycles. The summed E-state index contributed by atoms with van der Waals surface area (Å²) in [6.45, 7) is 4.88. The average Bonchev–Trinajstić information content (AvgIpc) is 2.69. The number of rotatable bonds is 2. The first-order valence-electron chi connectivity index (χ1n) is 10.5. The lowest BCUT2D eigenvalue weighted by atomic mass is 9.68. The van der Waals surface area contributed by atoms with E-state index in [1.54, 1.807) is 5.57 Å². The van der Waals surface area contributed by atoms with Gasteiger partial charge in [0.1, 0.15) is 0 Å². The number of nitriles is 1. The lowest BCUT2D eigenvalue weighted by Gasteiger charge is -2.54. The Morgan fingerprint density at radius 3 is 2.81 bits per heavy atom. The third kappa shape index (κ3) is 2.90. The first-order chi connectivity index (χ1) is 12.8. The molecule has 2 bridgehead atoms. The average molecular weight is 348 g/mol. The maximum atomic E-state index is 9.02. The highest BCUT2D eigenvalue weighted by atomic mass is 15.2. The lowest BCUT2D eigenvalue weighted by molar-refractivity contribution is -0.00264. The second kappa shape index (κ2) is 6.83. The highest BCUT2D eigenvalue weighted by Gasteiger charge is 2.45. The van der Waals surface area contributed by atoms with Gasteiger partial charge in [-0.25, -0.2) is 0 Å². The van der Waals surface area contributed by atoms with Crippen LogP contribution in [0.3, 0.4) is 0 Å². The summed E-state index contributed by atoms with van der Waals surface area (Å²) in [5, 5.41) is 9.02. The van der Waals surface area contributed by atoms with E-state index < -0.39 is 0 Å². The summed E-state index contributed by atoms with van der Waals surface area (Å²) in [5.41, 5.74) is 3.85. The molecule has 1 aromatic rings. The molecule has 0 amide bonds. The van der Waals surface area contributed by atoms with Gasteiger partial charge in [0.2, 0.25) is 0 Å². The molecule has 0 aromatic heterocycles. The highest BCUT2D eigenvalue weighted by molar-refractivity contribution is 5.32. The van der Waals surface area contributed by atoms with Crippen LogP contribution in [0.5, 0.6) is 0 Å². The molecule has 0 saturated carbocycles. The zero-order chi connectivity index (χ0) is 17.5. The van der Waals surface area contributed by atoms with Gasteiger partial charge in [-0.3, -0.25) is 9.80 Å². The summed E-state index contributed by atoms with van der Waals surface area (Å²) in [4.78, 5) is 5.56. The fourth-order valence-corrected chi connectivity index (χ4v) is 6.18. The van der Waals surface area contributed by atoms with Crippen molar-refractivity contribution < 1.29 is 0 Å². The van der Waals surface area contributed by atoms with Crippen LogP contribution < -0.4 is 0 Å². The van der Waals surface area contributed by atoms with Crippen LogP contribution in [-0.4, -0.2) is 41.5 Å². The van der Waals surface area contributed by atoms with E-state index in [1.807, 2.05) is 12.1 Å². The molecular weight excluding hydrogens is 318 g/mol. The number of piperidine rings is 3. The first-order valence-corrected chi connectivity index (χ1v) is 10.5. The summed E-state index contributed by atoms with van der Waals surface area (Å²) in [6, 6.07) is 11.9. The molecule has 1 aromatic carbocycles. The quantitative estimate of drug-likeness (QED) is 0.759. The third-order valence-corrected chi connectivity index (χ3v) is 7.23. The molecule has 1 aliphatic carbocycles. The number of hydrogen-bond donors (Lipinski definition) is 0. The molecule has 26 heavy (non-hydrogen) atoms. The molecule has 3 aliphatic heterocycles. The Kier molecular flexibility index (Phi) is 4.35. The zero-order valence-electron chi connectivity index (χ0n) is 15.6. The summed E-state index contributed by atoms with van der Waals surface area (Å²) < 4.78 is 0. The summed E-state index contributed by atoms with van der Waals surface area (Å²) in [5.74, 6) is 1.63. The van der Waals surface area contributed by atoms with E-state index in [0.29, 0.717) is 6.04 Å². The van der Waals surface area contributed by atoms with Crippen molar-refractivity contribution in [2.24, 2.45) is 11.8 Å². The van der Waals surface area contributed by atoms with Gasteiger partial charge in [-0.05, 0) is 74.7 Å². The Bertz CT molecular complexity index is 729. The van der Waals surface area contributed by atoms with Crippen LogP contribution in [0.25, 0.3) is 0 Å². The zero-order valence-corrected chi connectivity index (χ0v) is 15.6. The lowest BCUT2D eigenvalue weighted by Crippen LogP contribution is -2.58. The fourth-order valence-electron chi connectivity index (χ4n) is 6.18. The first kappa shape index (κ1) is 16.5. The van der Waals surface area contributed by atoms with Crippen molar-refractivity contribution in [2.45, 2.75) is 57.2 Å². The van der Waals surface area contributed by atoms with Crippen molar-refractivity contribution in [1.29, 1.82) is 5.26 Å². The molecule has 0 spiro atoms. The number of likely N-dealkylation sites (tertiary alicyclic amines) is 1. The summed E-state index contributed by atoms with van der Waals surface area (Å²) >= 11 is 0. The molecule has 3 saturated heterocycles. The Labute approximate surface area is 157 Å². The van der Waals surface area contributed by atoms with E-state index in [4.69, 9.17) is 5.26 Å². The van der Waals surface area contributed by atoms with Gasteiger partial charge in [-0.15, -0.1) is 0 Å². The monoisotopic (exact) mass is 347 g/mol. The van der Waals surface area contributed by atoms with Crippen molar-refractivity contribution in [3.05, 3.63) is 47.0 Å². The molecule has 0 N–H and O–H groups in total.